The zero-order chi connectivity index (χ0) is 21.1. The van der Waals surface area contributed by atoms with Crippen molar-refractivity contribution in [3.8, 4) is 0 Å². The summed E-state index contributed by atoms with van der Waals surface area (Å²) in [6.07, 6.45) is 0. The Bertz CT molecular complexity index is 683. The summed E-state index contributed by atoms with van der Waals surface area (Å²) in [5.41, 5.74) is 1.43. The second-order valence-electron chi connectivity index (χ2n) is 8.14. The molecule has 0 radical (unpaired) electrons. The Morgan fingerprint density at radius 1 is 1.07 bits per heavy atom. The Morgan fingerprint density at radius 3 is 2.04 bits per heavy atom. The predicted octanol–water partition coefficient (Wildman–Crippen LogP) is 2.43. The summed E-state index contributed by atoms with van der Waals surface area (Å²) in [5, 5.41) is 5.83. The first-order chi connectivity index (χ1) is 12.3. The summed E-state index contributed by atoms with van der Waals surface area (Å²) in [4.78, 5) is 37.6. The van der Waals surface area contributed by atoms with E-state index in [0.717, 1.165) is 0 Å². The van der Waals surface area contributed by atoms with Crippen LogP contribution in [-0.2, 0) is 23.9 Å². The molecule has 2 N–H and O–H groups in total. The van der Waals surface area contributed by atoms with Crippen molar-refractivity contribution in [2.75, 3.05) is 7.11 Å². The van der Waals surface area contributed by atoms with Gasteiger partial charge in [0.2, 0.25) is 5.91 Å². The third-order valence-electron chi connectivity index (χ3n) is 4.31. The summed E-state index contributed by atoms with van der Waals surface area (Å²) in [6.45, 7) is 14.3. The van der Waals surface area contributed by atoms with E-state index < -0.39 is 35.4 Å². The highest BCUT2D eigenvalue weighted by Crippen LogP contribution is 2.30. The third-order valence-corrected chi connectivity index (χ3v) is 4.31. The van der Waals surface area contributed by atoms with Gasteiger partial charge in [-0.3, -0.25) is 4.79 Å². The van der Waals surface area contributed by atoms with E-state index in [1.807, 2.05) is 13.8 Å². The monoisotopic (exact) mass is 380 g/mol. The SMILES string of the molecule is COC(=O)C1=C(C)NC(C)=C(C(=O)N[C@H](C(=O)OC(C)(C)C)C(C)C)C1C. The highest BCUT2D eigenvalue weighted by atomic mass is 16.6. The van der Waals surface area contributed by atoms with Crippen LogP contribution in [0.15, 0.2) is 22.5 Å². The fourth-order valence-electron chi connectivity index (χ4n) is 3.10. The van der Waals surface area contributed by atoms with E-state index in [9.17, 15) is 14.4 Å². The highest BCUT2D eigenvalue weighted by molar-refractivity contribution is 6.01. The number of ether oxygens (including phenoxy) is 2. The number of hydrogen-bond acceptors (Lipinski definition) is 6. The van der Waals surface area contributed by atoms with Crippen molar-refractivity contribution < 1.29 is 23.9 Å². The molecule has 0 aliphatic carbocycles. The maximum Gasteiger partial charge on any atom is 0.336 e. The van der Waals surface area contributed by atoms with Gasteiger partial charge in [-0.05, 0) is 40.5 Å². The van der Waals surface area contributed by atoms with E-state index in [4.69, 9.17) is 9.47 Å². The van der Waals surface area contributed by atoms with Gasteiger partial charge >= 0.3 is 11.9 Å². The molecule has 7 heteroatoms. The summed E-state index contributed by atoms with van der Waals surface area (Å²) in [6, 6.07) is -0.794. The van der Waals surface area contributed by atoms with Crippen LogP contribution in [-0.4, -0.2) is 36.6 Å². The number of nitrogens with one attached hydrogen (secondary N) is 2. The number of methoxy groups -OCH3 is 1. The van der Waals surface area contributed by atoms with Gasteiger partial charge < -0.3 is 20.1 Å². The van der Waals surface area contributed by atoms with Crippen LogP contribution in [0.5, 0.6) is 0 Å². The molecule has 0 aromatic heterocycles. The van der Waals surface area contributed by atoms with Crippen molar-refractivity contribution in [2.24, 2.45) is 11.8 Å². The van der Waals surface area contributed by atoms with Gasteiger partial charge in [-0.2, -0.15) is 0 Å². The lowest BCUT2D eigenvalue weighted by molar-refractivity contribution is -0.159. The number of esters is 2. The number of carbonyl (C=O) groups is 3. The standard InChI is InChI=1S/C20H32N2O5/c1-10(2)16(19(25)27-20(6,7)8)22-17(23)14-11(3)15(18(24)26-9)13(5)21-12(14)4/h10-11,16,21H,1-9H3,(H,22,23)/t11?,16-/m0/s1. The Morgan fingerprint density at radius 2 is 1.59 bits per heavy atom. The summed E-state index contributed by atoms with van der Waals surface area (Å²) in [7, 11) is 1.30. The van der Waals surface area contributed by atoms with E-state index in [2.05, 4.69) is 10.6 Å². The van der Waals surface area contributed by atoms with E-state index in [0.29, 0.717) is 22.5 Å². The highest BCUT2D eigenvalue weighted by Gasteiger charge is 2.36. The first-order valence-corrected chi connectivity index (χ1v) is 9.10. The first kappa shape index (κ1) is 22.7. The Labute approximate surface area is 161 Å². The Kier molecular flexibility index (Phi) is 7.23. The first-order valence-electron chi connectivity index (χ1n) is 9.10. The van der Waals surface area contributed by atoms with Gasteiger partial charge in [-0.1, -0.05) is 20.8 Å². The van der Waals surface area contributed by atoms with Gasteiger partial charge in [-0.25, -0.2) is 9.59 Å². The molecule has 152 valence electrons. The molecule has 0 saturated carbocycles. The van der Waals surface area contributed by atoms with Gasteiger partial charge in [0.15, 0.2) is 0 Å². The fraction of sp³-hybridized carbons (Fsp3) is 0.650. The quantitative estimate of drug-likeness (QED) is 0.712. The zero-order valence-electron chi connectivity index (χ0n) is 17.8. The Balaban J connectivity index is 3.10. The number of carbonyl (C=O) groups excluding carboxylic acids is 3. The second-order valence-corrected chi connectivity index (χ2v) is 8.14. The minimum absolute atomic E-state index is 0.158. The molecule has 2 atom stereocenters. The number of dihydropyridines is 1. The van der Waals surface area contributed by atoms with Crippen molar-refractivity contribution in [2.45, 2.75) is 67.0 Å². The average molecular weight is 380 g/mol. The zero-order valence-corrected chi connectivity index (χ0v) is 17.8. The topological polar surface area (TPSA) is 93.7 Å². The molecular weight excluding hydrogens is 348 g/mol. The molecule has 1 aliphatic rings. The Hall–Kier alpha value is -2.31. The second kappa shape index (κ2) is 8.59. The van der Waals surface area contributed by atoms with Crippen LogP contribution in [0.3, 0.4) is 0 Å². The van der Waals surface area contributed by atoms with Crippen molar-refractivity contribution in [1.82, 2.24) is 10.6 Å². The summed E-state index contributed by atoms with van der Waals surface area (Å²) < 4.78 is 10.3. The lowest BCUT2D eigenvalue weighted by Crippen LogP contribution is -2.49. The number of amides is 1. The summed E-state index contributed by atoms with van der Waals surface area (Å²) in [5.74, 6) is -2.01. The minimum atomic E-state index is -0.794. The number of hydrogen-bond donors (Lipinski definition) is 2. The van der Waals surface area contributed by atoms with Gasteiger partial charge in [0.1, 0.15) is 11.6 Å². The fourth-order valence-corrected chi connectivity index (χ4v) is 3.10. The molecule has 1 heterocycles. The minimum Gasteiger partial charge on any atom is -0.466 e. The van der Waals surface area contributed by atoms with Crippen LogP contribution in [0.2, 0.25) is 0 Å². The molecule has 0 aromatic rings. The summed E-state index contributed by atoms with van der Waals surface area (Å²) >= 11 is 0. The van der Waals surface area contributed by atoms with Crippen LogP contribution >= 0.6 is 0 Å². The van der Waals surface area contributed by atoms with Crippen molar-refractivity contribution in [3.05, 3.63) is 22.5 Å². The van der Waals surface area contributed by atoms with Crippen molar-refractivity contribution >= 4 is 17.8 Å². The lowest BCUT2D eigenvalue weighted by Gasteiger charge is -2.30. The van der Waals surface area contributed by atoms with Crippen LogP contribution in [0.1, 0.15) is 55.4 Å². The van der Waals surface area contributed by atoms with Crippen LogP contribution < -0.4 is 10.6 Å². The molecule has 0 aromatic carbocycles. The maximum absolute atomic E-state index is 13.0. The van der Waals surface area contributed by atoms with Crippen LogP contribution in [0.4, 0.5) is 0 Å². The normalized spacial score (nSPS) is 18.8. The molecule has 1 aliphatic heterocycles. The van der Waals surface area contributed by atoms with E-state index in [1.54, 1.807) is 41.5 Å². The largest absolute Gasteiger partial charge is 0.466 e. The molecule has 0 saturated heterocycles. The van der Waals surface area contributed by atoms with Gasteiger partial charge in [-0.15, -0.1) is 0 Å². The lowest BCUT2D eigenvalue weighted by atomic mass is 9.86. The van der Waals surface area contributed by atoms with Gasteiger partial charge in [0, 0.05) is 22.9 Å². The molecule has 1 unspecified atom stereocenters. The van der Waals surface area contributed by atoms with Gasteiger partial charge in [0.05, 0.1) is 12.7 Å². The third kappa shape index (κ3) is 5.58. The predicted molar refractivity (Wildman–Crippen MR) is 102 cm³/mol. The van der Waals surface area contributed by atoms with E-state index in [1.165, 1.54) is 7.11 Å². The van der Waals surface area contributed by atoms with Crippen LogP contribution in [0, 0.1) is 11.8 Å². The molecule has 0 fully saturated rings. The number of allylic oxidation sites excluding steroid dienone is 2. The molecule has 7 nitrogen and oxygen atoms in total. The molecule has 0 spiro atoms. The van der Waals surface area contributed by atoms with Crippen molar-refractivity contribution in [3.63, 3.8) is 0 Å². The molecular formula is C20H32N2O5. The van der Waals surface area contributed by atoms with E-state index >= 15 is 0 Å². The average Bonchev–Trinajstić information content (AvgIpc) is 2.49. The number of rotatable bonds is 5. The van der Waals surface area contributed by atoms with E-state index in [-0.39, 0.29) is 5.92 Å². The molecule has 0 bridgehead atoms. The smallest absolute Gasteiger partial charge is 0.336 e. The molecule has 1 amide bonds. The molecule has 1 rings (SSSR count). The van der Waals surface area contributed by atoms with Crippen molar-refractivity contribution in [1.29, 1.82) is 0 Å². The maximum atomic E-state index is 13.0. The van der Waals surface area contributed by atoms with Gasteiger partial charge in [0.25, 0.3) is 0 Å². The van der Waals surface area contributed by atoms with Crippen LogP contribution in [0.25, 0.3) is 0 Å². The molecule has 27 heavy (non-hydrogen) atoms.